The van der Waals surface area contributed by atoms with E-state index in [0.29, 0.717) is 0 Å². The molecule has 0 atom stereocenters. The largest absolute Gasteiger partial charge is 0.309 e. The van der Waals surface area contributed by atoms with Crippen LogP contribution in [-0.4, -0.2) is 24.5 Å². The standard InChI is InChI=1S/C42H25N5/c1-3-10-31-26(7-1)14-18-37-39(31)34-23-28(35-16-13-30(25-46-35)40-32-11-4-2-8-27(32)19-22-45-40)15-17-36(34)47(37)38-24-29-9-5-20-43-41(29)42-33(38)12-6-21-44-42/h1-25H. The Balaban J connectivity index is 1.22. The molecule has 47 heavy (non-hydrogen) atoms. The third-order valence-corrected chi connectivity index (χ3v) is 9.34. The Kier molecular flexibility index (Phi) is 5.51. The zero-order chi connectivity index (χ0) is 30.9. The van der Waals surface area contributed by atoms with Gasteiger partial charge in [-0.3, -0.25) is 19.9 Å². The van der Waals surface area contributed by atoms with Crippen molar-refractivity contribution in [2.75, 3.05) is 0 Å². The lowest BCUT2D eigenvalue weighted by Gasteiger charge is -2.13. The number of nitrogens with zero attached hydrogens (tertiary/aromatic N) is 5. The minimum atomic E-state index is 0.901. The number of hydrogen-bond acceptors (Lipinski definition) is 4. The van der Waals surface area contributed by atoms with Crippen LogP contribution in [0.3, 0.4) is 0 Å². The summed E-state index contributed by atoms with van der Waals surface area (Å²) in [6, 6.07) is 44.9. The highest BCUT2D eigenvalue weighted by atomic mass is 15.0. The van der Waals surface area contributed by atoms with Crippen LogP contribution in [0.5, 0.6) is 0 Å². The molecular formula is C42H25N5. The molecular weight excluding hydrogens is 574 g/mol. The Morgan fingerprint density at radius 3 is 2.02 bits per heavy atom. The molecule has 0 aliphatic carbocycles. The second-order valence-corrected chi connectivity index (χ2v) is 11.9. The molecule has 0 saturated heterocycles. The highest BCUT2D eigenvalue weighted by Crippen LogP contribution is 2.41. The Hall–Kier alpha value is -6.46. The average Bonchev–Trinajstić information content (AvgIpc) is 3.48. The Labute approximate surface area is 269 Å². The molecule has 0 spiro atoms. The second kappa shape index (κ2) is 10.0. The number of hydrogen-bond donors (Lipinski definition) is 0. The van der Waals surface area contributed by atoms with Crippen LogP contribution in [0.2, 0.25) is 0 Å². The quantitative estimate of drug-likeness (QED) is 0.190. The molecule has 5 aromatic carbocycles. The van der Waals surface area contributed by atoms with Gasteiger partial charge < -0.3 is 4.57 Å². The molecule has 0 aliphatic rings. The maximum atomic E-state index is 4.96. The smallest absolute Gasteiger partial charge is 0.0985 e. The van der Waals surface area contributed by atoms with Crippen LogP contribution in [-0.2, 0) is 0 Å². The van der Waals surface area contributed by atoms with Crippen LogP contribution < -0.4 is 0 Å². The summed E-state index contributed by atoms with van der Waals surface area (Å²) in [5, 5.41) is 9.25. The molecule has 0 amide bonds. The third kappa shape index (κ3) is 3.90. The number of fused-ring (bicyclic) bond motifs is 9. The van der Waals surface area contributed by atoms with Gasteiger partial charge >= 0.3 is 0 Å². The molecule has 0 aliphatic heterocycles. The second-order valence-electron chi connectivity index (χ2n) is 11.9. The number of rotatable bonds is 3. The van der Waals surface area contributed by atoms with Crippen molar-refractivity contribution in [3.8, 4) is 28.2 Å². The summed E-state index contributed by atoms with van der Waals surface area (Å²) in [6.45, 7) is 0. The summed E-state index contributed by atoms with van der Waals surface area (Å²) < 4.78 is 2.39. The predicted molar refractivity (Wildman–Crippen MR) is 193 cm³/mol. The summed E-state index contributed by atoms with van der Waals surface area (Å²) in [6.07, 6.45) is 7.49. The van der Waals surface area contributed by atoms with E-state index < -0.39 is 0 Å². The van der Waals surface area contributed by atoms with E-state index in [2.05, 4.69) is 114 Å². The maximum Gasteiger partial charge on any atom is 0.0985 e. The minimum Gasteiger partial charge on any atom is -0.309 e. The Bertz CT molecular complexity index is 2850. The molecule has 5 heterocycles. The van der Waals surface area contributed by atoms with Crippen molar-refractivity contribution < 1.29 is 0 Å². The van der Waals surface area contributed by atoms with Crippen molar-refractivity contribution in [2.45, 2.75) is 0 Å². The Morgan fingerprint density at radius 1 is 0.426 bits per heavy atom. The lowest BCUT2D eigenvalue weighted by atomic mass is 10.0. The van der Waals surface area contributed by atoms with Crippen molar-refractivity contribution in [2.24, 2.45) is 0 Å². The summed E-state index contributed by atoms with van der Waals surface area (Å²) in [4.78, 5) is 19.2. The van der Waals surface area contributed by atoms with Gasteiger partial charge in [0.05, 0.1) is 39.1 Å². The van der Waals surface area contributed by atoms with Crippen molar-refractivity contribution in [3.63, 3.8) is 0 Å². The first-order chi connectivity index (χ1) is 23.3. The zero-order valence-electron chi connectivity index (χ0n) is 25.2. The van der Waals surface area contributed by atoms with Gasteiger partial charge in [-0.05, 0) is 76.8 Å². The molecule has 0 N–H and O–H groups in total. The molecule has 5 nitrogen and oxygen atoms in total. The summed E-state index contributed by atoms with van der Waals surface area (Å²) in [7, 11) is 0. The number of aromatic nitrogens is 5. The molecule has 0 radical (unpaired) electrons. The topological polar surface area (TPSA) is 56.5 Å². The van der Waals surface area contributed by atoms with Crippen molar-refractivity contribution in [1.82, 2.24) is 24.5 Å². The van der Waals surface area contributed by atoms with Crippen LogP contribution in [0, 0.1) is 0 Å². The van der Waals surface area contributed by atoms with Crippen LogP contribution in [0.1, 0.15) is 0 Å². The Morgan fingerprint density at radius 2 is 1.15 bits per heavy atom. The van der Waals surface area contributed by atoms with Gasteiger partial charge in [0.15, 0.2) is 0 Å². The van der Waals surface area contributed by atoms with Gasteiger partial charge in [0.25, 0.3) is 0 Å². The van der Waals surface area contributed by atoms with Gasteiger partial charge in [-0.15, -0.1) is 0 Å². The zero-order valence-corrected chi connectivity index (χ0v) is 25.2. The van der Waals surface area contributed by atoms with Gasteiger partial charge in [0.2, 0.25) is 0 Å². The summed E-state index contributed by atoms with van der Waals surface area (Å²) >= 11 is 0. The molecule has 0 unspecified atom stereocenters. The van der Waals surface area contributed by atoms with E-state index in [0.717, 1.165) is 66.4 Å². The average molecular weight is 600 g/mol. The molecule has 218 valence electrons. The van der Waals surface area contributed by atoms with E-state index in [1.54, 1.807) is 0 Å². The van der Waals surface area contributed by atoms with E-state index in [1.165, 1.54) is 26.9 Å². The van der Waals surface area contributed by atoms with Gasteiger partial charge in [-0.2, -0.15) is 0 Å². The first-order valence-electron chi connectivity index (χ1n) is 15.7. The molecule has 10 aromatic rings. The van der Waals surface area contributed by atoms with Gasteiger partial charge in [0.1, 0.15) is 0 Å². The number of benzene rings is 5. The van der Waals surface area contributed by atoms with Crippen molar-refractivity contribution in [1.29, 1.82) is 0 Å². The lowest BCUT2D eigenvalue weighted by molar-refractivity contribution is 1.20. The molecule has 0 saturated carbocycles. The number of pyridine rings is 4. The molecule has 10 rings (SSSR count). The SMILES string of the molecule is c1ccc2c(-c3ccc(-c4ccc5c(c4)c4c6ccccc6ccc4n5-c4cc5cccnc5c5ncccc45)nc3)nccc2c1. The fourth-order valence-electron chi connectivity index (χ4n) is 7.21. The molecule has 5 heteroatoms. The lowest BCUT2D eigenvalue weighted by Crippen LogP contribution is -1.97. The van der Waals surface area contributed by atoms with E-state index in [4.69, 9.17) is 19.9 Å². The van der Waals surface area contributed by atoms with Crippen molar-refractivity contribution in [3.05, 3.63) is 152 Å². The van der Waals surface area contributed by atoms with Crippen LogP contribution in [0.25, 0.3) is 93.4 Å². The van der Waals surface area contributed by atoms with E-state index >= 15 is 0 Å². The fourth-order valence-corrected chi connectivity index (χ4v) is 7.21. The van der Waals surface area contributed by atoms with Gasteiger partial charge in [-0.1, -0.05) is 66.7 Å². The normalized spacial score (nSPS) is 11.8. The van der Waals surface area contributed by atoms with E-state index in [-0.39, 0.29) is 0 Å². The molecule has 0 bridgehead atoms. The van der Waals surface area contributed by atoms with Crippen LogP contribution in [0.4, 0.5) is 0 Å². The first-order valence-corrected chi connectivity index (χ1v) is 15.7. The van der Waals surface area contributed by atoms with E-state index in [1.807, 2.05) is 43.0 Å². The summed E-state index contributed by atoms with van der Waals surface area (Å²) in [5.74, 6) is 0. The predicted octanol–water partition coefficient (Wildman–Crippen LogP) is 10.3. The fraction of sp³-hybridized carbons (Fsp3) is 0. The monoisotopic (exact) mass is 599 g/mol. The summed E-state index contributed by atoms with van der Waals surface area (Å²) in [5.41, 5.74) is 9.10. The first kappa shape index (κ1) is 25.8. The highest BCUT2D eigenvalue weighted by Gasteiger charge is 2.19. The van der Waals surface area contributed by atoms with Gasteiger partial charge in [-0.25, -0.2) is 0 Å². The van der Waals surface area contributed by atoms with Crippen LogP contribution in [0.15, 0.2) is 152 Å². The minimum absolute atomic E-state index is 0.901. The van der Waals surface area contributed by atoms with Gasteiger partial charge in [0, 0.05) is 62.8 Å². The molecule has 0 fully saturated rings. The maximum absolute atomic E-state index is 4.96. The highest BCUT2D eigenvalue weighted by molar-refractivity contribution is 6.22. The van der Waals surface area contributed by atoms with Crippen molar-refractivity contribution >= 4 is 65.2 Å². The molecule has 5 aromatic heterocycles. The van der Waals surface area contributed by atoms with Crippen LogP contribution >= 0.6 is 0 Å². The van der Waals surface area contributed by atoms with E-state index in [9.17, 15) is 0 Å². The third-order valence-electron chi connectivity index (χ3n) is 9.34.